The topological polar surface area (TPSA) is 52.7 Å². The molecular weight excluding hydrogens is 302 g/mol. The molecule has 0 radical (unpaired) electrons. The molecule has 0 aromatic heterocycles. The van der Waals surface area contributed by atoms with E-state index in [9.17, 15) is 9.59 Å². The van der Waals surface area contributed by atoms with Gasteiger partial charge < -0.3 is 10.2 Å². The number of carbonyl (C=O) groups excluding carboxylic acids is 2. The van der Waals surface area contributed by atoms with E-state index in [2.05, 4.69) is 31.3 Å². The van der Waals surface area contributed by atoms with Crippen molar-refractivity contribution in [3.63, 3.8) is 0 Å². The van der Waals surface area contributed by atoms with E-state index in [1.54, 1.807) is 16.8 Å². The van der Waals surface area contributed by atoms with Crippen molar-refractivity contribution in [3.8, 4) is 0 Å². The number of carbonyl (C=O) groups is 2. The monoisotopic (exact) mass is 333 g/mol. The summed E-state index contributed by atoms with van der Waals surface area (Å²) in [5.74, 6) is -0.0203. The molecule has 0 bridgehead atoms. The van der Waals surface area contributed by atoms with Crippen LogP contribution in [0.1, 0.15) is 43.5 Å². The van der Waals surface area contributed by atoms with Crippen molar-refractivity contribution in [2.24, 2.45) is 0 Å². The number of hydrogen-bond acceptors (Lipinski definition) is 3. The van der Waals surface area contributed by atoms with Crippen LogP contribution in [0.25, 0.3) is 0 Å². The van der Waals surface area contributed by atoms with Crippen molar-refractivity contribution in [2.45, 2.75) is 40.7 Å². The number of amides is 2. The molecule has 5 nitrogen and oxygen atoms in total. The van der Waals surface area contributed by atoms with E-state index >= 15 is 0 Å². The Morgan fingerprint density at radius 3 is 2.25 bits per heavy atom. The van der Waals surface area contributed by atoms with Crippen LogP contribution in [-0.4, -0.2) is 54.8 Å². The number of rotatable bonds is 8. The van der Waals surface area contributed by atoms with E-state index in [1.165, 1.54) is 11.1 Å². The van der Waals surface area contributed by atoms with E-state index in [0.717, 1.165) is 5.56 Å². The molecular formula is C19H31N3O2. The molecule has 0 heterocycles. The highest BCUT2D eigenvalue weighted by Crippen LogP contribution is 2.16. The normalized spacial score (nSPS) is 12.1. The van der Waals surface area contributed by atoms with Crippen LogP contribution < -0.4 is 5.32 Å². The maximum absolute atomic E-state index is 12.2. The quantitative estimate of drug-likeness (QED) is 0.794. The van der Waals surface area contributed by atoms with E-state index in [0.29, 0.717) is 13.1 Å². The summed E-state index contributed by atoms with van der Waals surface area (Å²) in [6.07, 6.45) is 0. The molecule has 0 aliphatic rings. The number of nitrogens with one attached hydrogen (secondary N) is 1. The lowest BCUT2D eigenvalue weighted by Crippen LogP contribution is -2.43. The molecule has 2 amide bonds. The Bertz CT molecular complexity index is 568. The van der Waals surface area contributed by atoms with Gasteiger partial charge in [0, 0.05) is 13.1 Å². The van der Waals surface area contributed by atoms with Gasteiger partial charge in [0.25, 0.3) is 0 Å². The molecule has 1 N–H and O–H groups in total. The highest BCUT2D eigenvalue weighted by atomic mass is 16.2. The summed E-state index contributed by atoms with van der Waals surface area (Å²) in [5, 5.41) is 3.00. The highest BCUT2D eigenvalue weighted by Gasteiger charge is 2.16. The third kappa shape index (κ3) is 5.96. The lowest BCUT2D eigenvalue weighted by molar-refractivity contribution is -0.132. The van der Waals surface area contributed by atoms with Gasteiger partial charge >= 0.3 is 0 Å². The summed E-state index contributed by atoms with van der Waals surface area (Å²) in [6, 6.07) is 6.17. The molecule has 1 atom stereocenters. The summed E-state index contributed by atoms with van der Waals surface area (Å²) >= 11 is 0. The fourth-order valence-corrected chi connectivity index (χ4v) is 2.61. The van der Waals surface area contributed by atoms with Crippen LogP contribution in [0.2, 0.25) is 0 Å². The molecule has 0 aliphatic heterocycles. The first-order valence-electron chi connectivity index (χ1n) is 8.61. The molecule has 24 heavy (non-hydrogen) atoms. The molecule has 134 valence electrons. The van der Waals surface area contributed by atoms with Gasteiger partial charge in [0.15, 0.2) is 0 Å². The minimum atomic E-state index is -0.0735. The zero-order valence-corrected chi connectivity index (χ0v) is 15.8. The largest absolute Gasteiger partial charge is 0.348 e. The van der Waals surface area contributed by atoms with Crippen molar-refractivity contribution >= 4 is 11.8 Å². The Morgan fingerprint density at radius 1 is 1.08 bits per heavy atom. The van der Waals surface area contributed by atoms with Crippen molar-refractivity contribution in [1.82, 2.24) is 15.1 Å². The zero-order valence-electron chi connectivity index (χ0n) is 15.8. The molecule has 1 rings (SSSR count). The molecule has 0 fully saturated rings. The van der Waals surface area contributed by atoms with Crippen LogP contribution in [0.3, 0.4) is 0 Å². The minimum Gasteiger partial charge on any atom is -0.348 e. The summed E-state index contributed by atoms with van der Waals surface area (Å²) in [5.41, 5.74) is 3.55. The summed E-state index contributed by atoms with van der Waals surface area (Å²) in [4.78, 5) is 27.8. The minimum absolute atomic E-state index is 0.0521. The van der Waals surface area contributed by atoms with E-state index in [-0.39, 0.29) is 30.9 Å². The first kappa shape index (κ1) is 20.2. The summed E-state index contributed by atoms with van der Waals surface area (Å²) in [6.45, 7) is 11.9. The number of hydrogen-bond donors (Lipinski definition) is 1. The van der Waals surface area contributed by atoms with Gasteiger partial charge in [-0.3, -0.25) is 14.5 Å². The number of likely N-dealkylation sites (N-methyl/N-ethyl adjacent to an activating group) is 2. The van der Waals surface area contributed by atoms with Crippen molar-refractivity contribution < 1.29 is 9.59 Å². The van der Waals surface area contributed by atoms with Gasteiger partial charge in [-0.1, -0.05) is 18.2 Å². The Labute approximate surface area is 146 Å². The average molecular weight is 333 g/mol. The Morgan fingerprint density at radius 2 is 1.71 bits per heavy atom. The first-order valence-corrected chi connectivity index (χ1v) is 8.61. The highest BCUT2D eigenvalue weighted by molar-refractivity contribution is 5.81. The average Bonchev–Trinajstić information content (AvgIpc) is 2.50. The summed E-state index contributed by atoms with van der Waals surface area (Å²) < 4.78 is 0. The third-order valence-electron chi connectivity index (χ3n) is 4.34. The van der Waals surface area contributed by atoms with Gasteiger partial charge in [-0.25, -0.2) is 0 Å². The van der Waals surface area contributed by atoms with Crippen molar-refractivity contribution in [1.29, 1.82) is 0 Å². The second-order valence-electron chi connectivity index (χ2n) is 6.37. The fourth-order valence-electron chi connectivity index (χ4n) is 2.61. The Hall–Kier alpha value is -1.88. The Kier molecular flexibility index (Phi) is 7.92. The van der Waals surface area contributed by atoms with Crippen LogP contribution >= 0.6 is 0 Å². The van der Waals surface area contributed by atoms with Crippen molar-refractivity contribution in [3.05, 3.63) is 34.9 Å². The third-order valence-corrected chi connectivity index (χ3v) is 4.34. The lowest BCUT2D eigenvalue weighted by Gasteiger charge is -2.23. The standard InChI is InChI=1S/C19H31N3O2/c1-7-22(8-2)19(24)13-21(6)12-18(23)20-16(5)17-10-9-14(3)15(4)11-17/h9-11,16H,7-8,12-13H2,1-6H3,(H,20,23)/t16-/m1/s1. The van der Waals surface area contributed by atoms with Crippen LogP contribution in [0.15, 0.2) is 18.2 Å². The maximum Gasteiger partial charge on any atom is 0.236 e. The van der Waals surface area contributed by atoms with Gasteiger partial charge in [-0.15, -0.1) is 0 Å². The zero-order chi connectivity index (χ0) is 18.3. The number of nitrogens with zero attached hydrogens (tertiary/aromatic N) is 2. The van der Waals surface area contributed by atoms with Crippen LogP contribution in [0, 0.1) is 13.8 Å². The second-order valence-corrected chi connectivity index (χ2v) is 6.37. The van der Waals surface area contributed by atoms with Crippen molar-refractivity contribution in [2.75, 3.05) is 33.2 Å². The smallest absolute Gasteiger partial charge is 0.236 e. The molecule has 0 spiro atoms. The molecule has 0 unspecified atom stereocenters. The van der Waals surface area contributed by atoms with E-state index < -0.39 is 0 Å². The number of aryl methyl sites for hydroxylation is 2. The molecule has 5 heteroatoms. The van der Waals surface area contributed by atoms with Gasteiger partial charge in [-0.2, -0.15) is 0 Å². The van der Waals surface area contributed by atoms with E-state index in [1.807, 2.05) is 26.8 Å². The van der Waals surface area contributed by atoms with Gasteiger partial charge in [0.05, 0.1) is 19.1 Å². The number of benzene rings is 1. The SMILES string of the molecule is CCN(CC)C(=O)CN(C)CC(=O)N[C@H](C)c1ccc(C)c(C)c1. The fraction of sp³-hybridized carbons (Fsp3) is 0.579. The van der Waals surface area contributed by atoms with Crippen LogP contribution in [0.4, 0.5) is 0 Å². The first-order chi connectivity index (χ1) is 11.3. The molecule has 0 saturated carbocycles. The molecule has 1 aromatic carbocycles. The second kappa shape index (κ2) is 9.42. The maximum atomic E-state index is 12.2. The van der Waals surface area contributed by atoms with Gasteiger partial charge in [-0.05, 0) is 58.4 Å². The van der Waals surface area contributed by atoms with E-state index in [4.69, 9.17) is 0 Å². The molecule has 0 aliphatic carbocycles. The van der Waals surface area contributed by atoms with Gasteiger partial charge in [0.1, 0.15) is 0 Å². The van der Waals surface area contributed by atoms with Crippen LogP contribution in [0.5, 0.6) is 0 Å². The summed E-state index contributed by atoms with van der Waals surface area (Å²) in [7, 11) is 1.79. The predicted molar refractivity (Wildman–Crippen MR) is 97.9 cm³/mol. The molecule has 1 aromatic rings. The van der Waals surface area contributed by atoms with Gasteiger partial charge in [0.2, 0.25) is 11.8 Å². The Balaban J connectivity index is 2.52. The predicted octanol–water partition coefficient (Wildman–Crippen LogP) is 2.28. The molecule has 0 saturated heterocycles. The van der Waals surface area contributed by atoms with Crippen LogP contribution in [-0.2, 0) is 9.59 Å². The lowest BCUT2D eigenvalue weighted by atomic mass is 10.0.